The van der Waals surface area contributed by atoms with E-state index in [4.69, 9.17) is 9.47 Å². The molecule has 0 unspecified atom stereocenters. The summed E-state index contributed by atoms with van der Waals surface area (Å²) in [5, 5.41) is 6.10. The molecular formula is C20H27N5O3. The Morgan fingerprint density at radius 1 is 1.21 bits per heavy atom. The van der Waals surface area contributed by atoms with Crippen molar-refractivity contribution < 1.29 is 14.3 Å². The van der Waals surface area contributed by atoms with Crippen LogP contribution in [0.3, 0.4) is 0 Å². The number of hydrogen-bond acceptors (Lipinski definition) is 7. The van der Waals surface area contributed by atoms with E-state index in [-0.39, 0.29) is 5.91 Å². The van der Waals surface area contributed by atoms with Gasteiger partial charge in [0.1, 0.15) is 17.3 Å². The van der Waals surface area contributed by atoms with Crippen LogP contribution in [0.4, 0.5) is 5.82 Å². The Morgan fingerprint density at radius 2 is 2.07 bits per heavy atom. The van der Waals surface area contributed by atoms with Gasteiger partial charge in [-0.15, -0.1) is 0 Å². The van der Waals surface area contributed by atoms with Gasteiger partial charge in [-0.3, -0.25) is 9.69 Å². The number of ether oxygens (including phenoxy) is 2. The summed E-state index contributed by atoms with van der Waals surface area (Å²) in [6.45, 7) is 5.73. The summed E-state index contributed by atoms with van der Waals surface area (Å²) in [7, 11) is 1.64. The summed E-state index contributed by atoms with van der Waals surface area (Å²) in [5.41, 5.74) is 1.41. The number of methoxy groups -OCH3 is 1. The molecule has 28 heavy (non-hydrogen) atoms. The Labute approximate surface area is 165 Å². The van der Waals surface area contributed by atoms with Gasteiger partial charge in [0.05, 0.1) is 32.7 Å². The van der Waals surface area contributed by atoms with Gasteiger partial charge in [0.2, 0.25) is 0 Å². The van der Waals surface area contributed by atoms with Crippen molar-refractivity contribution in [3.63, 3.8) is 0 Å². The second kappa shape index (κ2) is 10.6. The summed E-state index contributed by atoms with van der Waals surface area (Å²) < 4.78 is 10.5. The Hall–Kier alpha value is -2.71. The number of aromatic nitrogens is 2. The van der Waals surface area contributed by atoms with Gasteiger partial charge in [-0.2, -0.15) is 0 Å². The largest absolute Gasteiger partial charge is 0.497 e. The van der Waals surface area contributed by atoms with Gasteiger partial charge < -0.3 is 20.1 Å². The van der Waals surface area contributed by atoms with Crippen molar-refractivity contribution in [2.75, 3.05) is 58.4 Å². The molecule has 1 fully saturated rings. The van der Waals surface area contributed by atoms with Crippen LogP contribution in [0.25, 0.3) is 0 Å². The van der Waals surface area contributed by atoms with Crippen molar-refractivity contribution >= 4 is 11.7 Å². The summed E-state index contributed by atoms with van der Waals surface area (Å²) >= 11 is 0. The summed E-state index contributed by atoms with van der Waals surface area (Å²) in [4.78, 5) is 23.0. The molecule has 1 aliphatic rings. The number of nitrogens with zero attached hydrogens (tertiary/aromatic N) is 3. The average molecular weight is 385 g/mol. The van der Waals surface area contributed by atoms with Crippen molar-refractivity contribution in [1.82, 2.24) is 20.2 Å². The molecule has 0 spiro atoms. The zero-order chi connectivity index (χ0) is 19.6. The average Bonchev–Trinajstić information content (AvgIpc) is 2.75. The molecule has 3 rings (SSSR count). The molecule has 0 bridgehead atoms. The molecule has 1 aromatic carbocycles. The summed E-state index contributed by atoms with van der Waals surface area (Å²) in [6.07, 6.45) is 3.81. The van der Waals surface area contributed by atoms with Crippen LogP contribution in [-0.2, 0) is 11.2 Å². The number of morpholine rings is 1. The second-order valence-corrected chi connectivity index (χ2v) is 6.53. The molecule has 1 saturated heterocycles. The number of hydrogen-bond donors (Lipinski definition) is 2. The third-order valence-corrected chi connectivity index (χ3v) is 4.56. The molecule has 1 amide bonds. The Balaban J connectivity index is 1.39. The standard InChI is InChI=1S/C20H27N5O3/c1-27-17-4-2-3-16(13-17)5-6-22-20(26)18-14-24-19(15-23-18)21-7-8-25-9-11-28-12-10-25/h2-4,13-15H,5-12H2,1H3,(H,21,24)(H,22,26). The van der Waals surface area contributed by atoms with E-state index in [0.29, 0.717) is 18.1 Å². The molecule has 2 aromatic rings. The monoisotopic (exact) mass is 385 g/mol. The number of carbonyl (C=O) groups excluding carboxylic acids is 1. The fourth-order valence-electron chi connectivity index (χ4n) is 2.94. The third-order valence-electron chi connectivity index (χ3n) is 4.56. The predicted octanol–water partition coefficient (Wildman–Crippen LogP) is 1.20. The lowest BCUT2D eigenvalue weighted by molar-refractivity contribution is 0.0398. The zero-order valence-corrected chi connectivity index (χ0v) is 16.2. The van der Waals surface area contributed by atoms with Gasteiger partial charge in [0.15, 0.2) is 0 Å². The zero-order valence-electron chi connectivity index (χ0n) is 16.2. The highest BCUT2D eigenvalue weighted by atomic mass is 16.5. The van der Waals surface area contributed by atoms with Crippen LogP contribution in [0.15, 0.2) is 36.7 Å². The van der Waals surface area contributed by atoms with Gasteiger partial charge in [-0.25, -0.2) is 9.97 Å². The van der Waals surface area contributed by atoms with E-state index in [2.05, 4.69) is 25.5 Å². The lowest BCUT2D eigenvalue weighted by Gasteiger charge is -2.26. The van der Waals surface area contributed by atoms with Crippen molar-refractivity contribution in [3.8, 4) is 5.75 Å². The van der Waals surface area contributed by atoms with E-state index < -0.39 is 0 Å². The van der Waals surface area contributed by atoms with Gasteiger partial charge in [0, 0.05) is 32.7 Å². The highest BCUT2D eigenvalue weighted by molar-refractivity contribution is 5.91. The lowest BCUT2D eigenvalue weighted by atomic mass is 10.1. The highest BCUT2D eigenvalue weighted by Gasteiger charge is 2.10. The summed E-state index contributed by atoms with van der Waals surface area (Å²) in [6, 6.07) is 7.80. The molecule has 8 nitrogen and oxygen atoms in total. The lowest BCUT2D eigenvalue weighted by Crippen LogP contribution is -2.39. The Bertz CT molecular complexity index is 748. The predicted molar refractivity (Wildman–Crippen MR) is 107 cm³/mol. The fraction of sp³-hybridized carbons (Fsp3) is 0.450. The maximum Gasteiger partial charge on any atom is 0.271 e. The summed E-state index contributed by atoms with van der Waals surface area (Å²) in [5.74, 6) is 1.25. The van der Waals surface area contributed by atoms with Crippen molar-refractivity contribution in [2.45, 2.75) is 6.42 Å². The van der Waals surface area contributed by atoms with Crippen LogP contribution in [-0.4, -0.2) is 73.8 Å². The first kappa shape index (κ1) is 20.0. The molecule has 2 N–H and O–H groups in total. The number of amides is 1. The van der Waals surface area contributed by atoms with Crippen LogP contribution in [0.5, 0.6) is 5.75 Å². The first-order valence-electron chi connectivity index (χ1n) is 9.52. The minimum Gasteiger partial charge on any atom is -0.497 e. The molecule has 1 aliphatic heterocycles. The molecule has 0 saturated carbocycles. The van der Waals surface area contributed by atoms with E-state index >= 15 is 0 Å². The molecule has 8 heteroatoms. The minimum atomic E-state index is -0.227. The third kappa shape index (κ3) is 6.17. The quantitative estimate of drug-likeness (QED) is 0.671. The van der Waals surface area contributed by atoms with Gasteiger partial charge >= 0.3 is 0 Å². The van der Waals surface area contributed by atoms with Crippen molar-refractivity contribution in [1.29, 1.82) is 0 Å². The smallest absolute Gasteiger partial charge is 0.271 e. The molecule has 0 atom stereocenters. The second-order valence-electron chi connectivity index (χ2n) is 6.53. The topological polar surface area (TPSA) is 88.6 Å². The first-order valence-corrected chi connectivity index (χ1v) is 9.52. The van der Waals surface area contributed by atoms with Crippen LogP contribution in [0, 0.1) is 0 Å². The molecule has 0 aliphatic carbocycles. The number of anilines is 1. The fourth-order valence-corrected chi connectivity index (χ4v) is 2.94. The molecule has 0 radical (unpaired) electrons. The van der Waals surface area contributed by atoms with E-state index in [9.17, 15) is 4.79 Å². The maximum absolute atomic E-state index is 12.2. The van der Waals surface area contributed by atoms with Crippen molar-refractivity contribution in [3.05, 3.63) is 47.9 Å². The normalized spacial score (nSPS) is 14.5. The molecule has 150 valence electrons. The number of benzene rings is 1. The van der Waals surface area contributed by atoms with E-state index in [1.165, 1.54) is 6.20 Å². The number of carbonyl (C=O) groups is 1. The molecule has 1 aromatic heterocycles. The van der Waals surface area contributed by atoms with Crippen LogP contribution in [0.2, 0.25) is 0 Å². The number of nitrogens with one attached hydrogen (secondary N) is 2. The minimum absolute atomic E-state index is 0.227. The van der Waals surface area contributed by atoms with Crippen LogP contribution in [0.1, 0.15) is 16.1 Å². The van der Waals surface area contributed by atoms with Gasteiger partial charge in [0.25, 0.3) is 5.91 Å². The van der Waals surface area contributed by atoms with E-state index in [1.807, 2.05) is 24.3 Å². The molecule has 2 heterocycles. The number of rotatable bonds is 9. The van der Waals surface area contributed by atoms with Crippen LogP contribution < -0.4 is 15.4 Å². The maximum atomic E-state index is 12.2. The van der Waals surface area contributed by atoms with Gasteiger partial charge in [-0.1, -0.05) is 12.1 Å². The Kier molecular flexibility index (Phi) is 7.57. The SMILES string of the molecule is COc1cccc(CCNC(=O)c2cnc(NCCN3CCOCC3)cn2)c1. The van der Waals surface area contributed by atoms with Gasteiger partial charge in [-0.05, 0) is 24.1 Å². The first-order chi connectivity index (χ1) is 13.7. The Morgan fingerprint density at radius 3 is 2.82 bits per heavy atom. The van der Waals surface area contributed by atoms with E-state index in [1.54, 1.807) is 13.3 Å². The highest BCUT2D eigenvalue weighted by Crippen LogP contribution is 2.12. The molecular weight excluding hydrogens is 358 g/mol. The van der Waals surface area contributed by atoms with Crippen LogP contribution >= 0.6 is 0 Å². The van der Waals surface area contributed by atoms with E-state index in [0.717, 1.165) is 57.1 Å². The van der Waals surface area contributed by atoms with Crippen molar-refractivity contribution in [2.24, 2.45) is 0 Å².